The monoisotopic (exact) mass is 352 g/mol. The van der Waals surface area contributed by atoms with Gasteiger partial charge in [-0.3, -0.25) is 0 Å². The molecule has 0 spiro atoms. The molecule has 0 N–H and O–H groups in total. The first kappa shape index (κ1) is 15.8. The van der Waals surface area contributed by atoms with Crippen LogP contribution in [0.4, 0.5) is 10.1 Å². The van der Waals surface area contributed by atoms with Crippen molar-refractivity contribution >= 4 is 28.0 Å². The maximum absolute atomic E-state index is 13.1. The summed E-state index contributed by atoms with van der Waals surface area (Å²) >= 11 is 1.55. The predicted octanol–water partition coefficient (Wildman–Crippen LogP) is 5.92. The maximum atomic E-state index is 13.1. The van der Waals surface area contributed by atoms with E-state index < -0.39 is 0 Å². The van der Waals surface area contributed by atoms with Crippen molar-refractivity contribution < 1.29 is 8.81 Å². The van der Waals surface area contributed by atoms with Crippen molar-refractivity contribution in [2.45, 2.75) is 19.9 Å². The summed E-state index contributed by atoms with van der Waals surface area (Å²) < 4.78 is 21.3. The van der Waals surface area contributed by atoms with Crippen molar-refractivity contribution in [3.8, 4) is 11.5 Å². The van der Waals surface area contributed by atoms with Crippen LogP contribution in [0.5, 0.6) is 0 Å². The molecule has 0 fully saturated rings. The molecule has 3 nitrogen and oxygen atoms in total. The Kier molecular flexibility index (Phi) is 4.01. The summed E-state index contributed by atoms with van der Waals surface area (Å²) in [6, 6.07) is 16.5. The van der Waals surface area contributed by atoms with Gasteiger partial charge in [-0.15, -0.1) is 11.3 Å². The average Bonchev–Trinajstić information content (AvgIpc) is 3.20. The molecular weight excluding hydrogens is 335 g/mol. The van der Waals surface area contributed by atoms with Gasteiger partial charge >= 0.3 is 0 Å². The molecule has 25 heavy (non-hydrogen) atoms. The molecule has 5 heteroatoms. The number of benzene rings is 2. The summed E-state index contributed by atoms with van der Waals surface area (Å²) in [7, 11) is 0. The number of hydrogen-bond acceptors (Lipinski definition) is 3. The Morgan fingerprint density at radius 2 is 1.84 bits per heavy atom. The van der Waals surface area contributed by atoms with E-state index >= 15 is 0 Å². The van der Waals surface area contributed by atoms with Crippen LogP contribution in [0.15, 0.2) is 69.4 Å². The van der Waals surface area contributed by atoms with Crippen molar-refractivity contribution in [1.82, 2.24) is 4.57 Å². The molecule has 0 atom stereocenters. The van der Waals surface area contributed by atoms with Gasteiger partial charge in [0.2, 0.25) is 0 Å². The summed E-state index contributed by atoms with van der Waals surface area (Å²) in [6.45, 7) is 4.23. The molecule has 0 unspecified atom stereocenters. The Balaban J connectivity index is 1.87. The third-order valence-electron chi connectivity index (χ3n) is 3.99. The first-order chi connectivity index (χ1) is 12.1. The standard InChI is InChI=1S/C20H17FN2OS/c1-13(2)23-17(19-11-14-5-3-4-6-18(14)24-19)12-25-20(23)22-16-9-7-15(21)8-10-16/h3-13H,1-2H3. The molecule has 2 aromatic carbocycles. The zero-order chi connectivity index (χ0) is 17.4. The molecule has 4 rings (SSSR count). The molecule has 4 aromatic rings. The van der Waals surface area contributed by atoms with Gasteiger partial charge in [0.1, 0.15) is 11.4 Å². The van der Waals surface area contributed by atoms with Crippen molar-refractivity contribution in [1.29, 1.82) is 0 Å². The van der Waals surface area contributed by atoms with Crippen LogP contribution in [0.2, 0.25) is 0 Å². The van der Waals surface area contributed by atoms with E-state index in [1.54, 1.807) is 23.5 Å². The number of hydrogen-bond donors (Lipinski definition) is 0. The van der Waals surface area contributed by atoms with E-state index in [0.717, 1.165) is 32.9 Å². The van der Waals surface area contributed by atoms with Gasteiger partial charge in [-0.2, -0.15) is 0 Å². The lowest BCUT2D eigenvalue weighted by Gasteiger charge is -2.11. The summed E-state index contributed by atoms with van der Waals surface area (Å²) in [4.78, 5) is 5.54. The smallest absolute Gasteiger partial charge is 0.190 e. The quantitative estimate of drug-likeness (QED) is 0.450. The number of thiazole rings is 1. The van der Waals surface area contributed by atoms with Crippen molar-refractivity contribution in [3.63, 3.8) is 0 Å². The van der Waals surface area contributed by atoms with E-state index in [0.29, 0.717) is 0 Å². The number of aromatic nitrogens is 1. The fourth-order valence-corrected chi connectivity index (χ4v) is 3.84. The van der Waals surface area contributed by atoms with Gasteiger partial charge in [0.25, 0.3) is 0 Å². The van der Waals surface area contributed by atoms with Crippen LogP contribution < -0.4 is 4.80 Å². The van der Waals surface area contributed by atoms with E-state index in [1.165, 1.54) is 12.1 Å². The second-order valence-electron chi connectivity index (χ2n) is 6.10. The van der Waals surface area contributed by atoms with Crippen LogP contribution in [-0.2, 0) is 0 Å². The summed E-state index contributed by atoms with van der Waals surface area (Å²) in [5.74, 6) is 0.566. The van der Waals surface area contributed by atoms with E-state index in [4.69, 9.17) is 4.42 Å². The lowest BCUT2D eigenvalue weighted by molar-refractivity contribution is 0.567. The maximum Gasteiger partial charge on any atom is 0.190 e. The average molecular weight is 352 g/mol. The number of para-hydroxylation sites is 1. The van der Waals surface area contributed by atoms with Gasteiger partial charge in [0.05, 0.1) is 11.4 Å². The van der Waals surface area contributed by atoms with E-state index in [2.05, 4.69) is 34.9 Å². The van der Waals surface area contributed by atoms with Crippen LogP contribution in [0, 0.1) is 5.82 Å². The van der Waals surface area contributed by atoms with Crippen LogP contribution >= 0.6 is 11.3 Å². The van der Waals surface area contributed by atoms with Crippen LogP contribution in [0.3, 0.4) is 0 Å². The molecule has 2 aromatic heterocycles. The van der Waals surface area contributed by atoms with Crippen molar-refractivity contribution in [2.75, 3.05) is 0 Å². The lowest BCUT2D eigenvalue weighted by Crippen LogP contribution is -2.17. The SMILES string of the molecule is CC(C)n1c(-c2cc3ccccc3o2)csc1=Nc1ccc(F)cc1. The molecule has 0 saturated carbocycles. The Bertz CT molecular complexity index is 1050. The van der Waals surface area contributed by atoms with Gasteiger partial charge in [0.15, 0.2) is 10.6 Å². The summed E-state index contributed by atoms with van der Waals surface area (Å²) in [5.41, 5.74) is 2.60. The van der Waals surface area contributed by atoms with Gasteiger partial charge in [-0.05, 0) is 50.2 Å². The Labute approximate surface area is 148 Å². The molecule has 0 bridgehead atoms. The van der Waals surface area contributed by atoms with E-state index in [-0.39, 0.29) is 11.9 Å². The minimum absolute atomic E-state index is 0.216. The number of halogens is 1. The van der Waals surface area contributed by atoms with Crippen molar-refractivity contribution in [3.05, 3.63) is 70.6 Å². The zero-order valence-corrected chi connectivity index (χ0v) is 14.8. The highest BCUT2D eigenvalue weighted by atomic mass is 32.1. The van der Waals surface area contributed by atoms with Gasteiger partial charge < -0.3 is 8.98 Å². The molecule has 0 saturated heterocycles. The molecule has 0 aliphatic carbocycles. The second-order valence-corrected chi connectivity index (χ2v) is 6.94. The largest absolute Gasteiger partial charge is 0.454 e. The summed E-state index contributed by atoms with van der Waals surface area (Å²) in [5, 5.41) is 3.14. The Hall–Kier alpha value is -2.66. The molecular formula is C20H17FN2OS. The Morgan fingerprint density at radius 3 is 2.56 bits per heavy atom. The highest BCUT2D eigenvalue weighted by Crippen LogP contribution is 2.29. The third-order valence-corrected chi connectivity index (χ3v) is 4.83. The van der Waals surface area contributed by atoms with E-state index in [1.807, 2.05) is 24.3 Å². The number of rotatable bonds is 3. The first-order valence-corrected chi connectivity index (χ1v) is 8.99. The normalized spacial score (nSPS) is 12.4. The molecule has 2 heterocycles. The number of fused-ring (bicyclic) bond motifs is 1. The minimum atomic E-state index is -0.259. The lowest BCUT2D eigenvalue weighted by atomic mass is 10.2. The topological polar surface area (TPSA) is 30.4 Å². The second kappa shape index (κ2) is 6.33. The fraction of sp³-hybridized carbons (Fsp3) is 0.150. The van der Waals surface area contributed by atoms with Crippen LogP contribution in [-0.4, -0.2) is 4.57 Å². The zero-order valence-electron chi connectivity index (χ0n) is 13.9. The highest BCUT2D eigenvalue weighted by Gasteiger charge is 2.14. The predicted molar refractivity (Wildman–Crippen MR) is 99.5 cm³/mol. The van der Waals surface area contributed by atoms with E-state index in [9.17, 15) is 4.39 Å². The molecule has 0 aliphatic heterocycles. The molecule has 0 aliphatic rings. The van der Waals surface area contributed by atoms with Crippen molar-refractivity contribution in [2.24, 2.45) is 4.99 Å². The Morgan fingerprint density at radius 1 is 1.08 bits per heavy atom. The van der Waals surface area contributed by atoms with Gasteiger partial charge in [0, 0.05) is 16.8 Å². The summed E-state index contributed by atoms with van der Waals surface area (Å²) in [6.07, 6.45) is 0. The third kappa shape index (κ3) is 3.03. The van der Waals surface area contributed by atoms with Gasteiger partial charge in [-0.1, -0.05) is 18.2 Å². The van der Waals surface area contributed by atoms with Gasteiger partial charge in [-0.25, -0.2) is 9.38 Å². The molecule has 0 amide bonds. The van der Waals surface area contributed by atoms with Crippen LogP contribution in [0.1, 0.15) is 19.9 Å². The van der Waals surface area contributed by atoms with Crippen LogP contribution in [0.25, 0.3) is 22.4 Å². The first-order valence-electron chi connectivity index (χ1n) is 8.11. The minimum Gasteiger partial charge on any atom is -0.454 e. The molecule has 0 radical (unpaired) electrons. The fourth-order valence-electron chi connectivity index (χ4n) is 2.82. The number of furan rings is 1. The highest BCUT2D eigenvalue weighted by molar-refractivity contribution is 7.07. The number of nitrogens with zero attached hydrogens (tertiary/aromatic N) is 2. The molecule has 126 valence electrons.